The predicted molar refractivity (Wildman–Crippen MR) is 109 cm³/mol. The molecule has 5 nitrogen and oxygen atoms in total. The summed E-state index contributed by atoms with van der Waals surface area (Å²) >= 11 is 1.37. The largest absolute Gasteiger partial charge is 0.433 e. The number of carbonyl (C=O) groups is 1. The van der Waals surface area contributed by atoms with Gasteiger partial charge in [0.05, 0.1) is 10.6 Å². The van der Waals surface area contributed by atoms with Crippen LogP contribution in [-0.2, 0) is 11.6 Å². The Hall–Kier alpha value is -2.42. The molecule has 1 aliphatic heterocycles. The van der Waals surface area contributed by atoms with Gasteiger partial charge in [-0.25, -0.2) is 9.50 Å². The van der Waals surface area contributed by atoms with Crippen LogP contribution in [0.2, 0.25) is 0 Å². The van der Waals surface area contributed by atoms with Crippen LogP contribution in [0.1, 0.15) is 66.3 Å². The van der Waals surface area contributed by atoms with Crippen LogP contribution in [0.15, 0.2) is 29.6 Å². The topological polar surface area (TPSA) is 50.5 Å². The molecule has 3 aromatic heterocycles. The molecule has 1 unspecified atom stereocenters. The number of aromatic nitrogens is 3. The number of hydrogen-bond donors (Lipinski definition) is 0. The Morgan fingerprint density at radius 2 is 2.00 bits per heavy atom. The molecule has 4 heterocycles. The van der Waals surface area contributed by atoms with Crippen molar-refractivity contribution in [2.75, 3.05) is 13.1 Å². The molecular formula is C21H23F3N4OS. The summed E-state index contributed by atoms with van der Waals surface area (Å²) in [5.41, 5.74) is -0.133. The molecule has 0 bridgehead atoms. The molecule has 1 fully saturated rings. The van der Waals surface area contributed by atoms with Gasteiger partial charge in [0.2, 0.25) is 0 Å². The number of carbonyl (C=O) groups excluding carboxylic acids is 1. The third-order valence-electron chi connectivity index (χ3n) is 5.36. The molecule has 0 aliphatic carbocycles. The quantitative estimate of drug-likeness (QED) is 0.560. The van der Waals surface area contributed by atoms with E-state index in [1.165, 1.54) is 11.3 Å². The van der Waals surface area contributed by atoms with Crippen molar-refractivity contribution in [3.8, 4) is 0 Å². The van der Waals surface area contributed by atoms with Gasteiger partial charge in [-0.3, -0.25) is 4.79 Å². The number of halogens is 3. The second kappa shape index (κ2) is 7.37. The van der Waals surface area contributed by atoms with Gasteiger partial charge in [-0.2, -0.15) is 18.3 Å². The minimum Gasteiger partial charge on any atom is -0.337 e. The molecule has 1 saturated heterocycles. The zero-order valence-electron chi connectivity index (χ0n) is 17.0. The number of likely N-dealkylation sites (tertiary alicyclic amines) is 1. The molecule has 9 heteroatoms. The van der Waals surface area contributed by atoms with E-state index in [-0.39, 0.29) is 17.5 Å². The molecular weight excluding hydrogens is 413 g/mol. The Morgan fingerprint density at radius 1 is 1.23 bits per heavy atom. The Bertz CT molecular complexity index is 1070. The number of nitrogens with zero attached hydrogens (tertiary/aromatic N) is 4. The van der Waals surface area contributed by atoms with Crippen molar-refractivity contribution in [1.29, 1.82) is 0 Å². The van der Waals surface area contributed by atoms with Gasteiger partial charge in [-0.15, -0.1) is 11.3 Å². The van der Waals surface area contributed by atoms with E-state index in [0.29, 0.717) is 35.8 Å². The molecule has 0 aromatic carbocycles. The normalized spacial score (nSPS) is 18.2. The summed E-state index contributed by atoms with van der Waals surface area (Å²) in [4.78, 5) is 19.6. The summed E-state index contributed by atoms with van der Waals surface area (Å²) in [6.45, 7) is 6.66. The number of hydrogen-bond acceptors (Lipinski definition) is 4. The molecule has 0 spiro atoms. The van der Waals surface area contributed by atoms with E-state index in [1.54, 1.807) is 17.0 Å². The lowest BCUT2D eigenvalue weighted by molar-refractivity contribution is -0.142. The molecule has 160 valence electrons. The molecule has 4 rings (SSSR count). The van der Waals surface area contributed by atoms with Crippen LogP contribution in [0, 0.1) is 0 Å². The standard InChI is InChI=1S/C21H23F3N4OS/c1-20(2,3)16-11-18-25-14(10-17(21(22,23)24)28(18)26-16)13-6-4-8-27(12-13)19(29)15-7-5-9-30-15/h5,7,9-11,13H,4,6,8,12H2,1-3H3. The Balaban J connectivity index is 1.72. The van der Waals surface area contributed by atoms with Crippen molar-refractivity contribution in [1.82, 2.24) is 19.5 Å². The van der Waals surface area contributed by atoms with Crippen LogP contribution in [0.25, 0.3) is 5.65 Å². The Kier molecular flexibility index (Phi) is 5.12. The highest BCUT2D eigenvalue weighted by atomic mass is 32.1. The van der Waals surface area contributed by atoms with E-state index in [0.717, 1.165) is 17.0 Å². The highest BCUT2D eigenvalue weighted by Crippen LogP contribution is 2.35. The van der Waals surface area contributed by atoms with Crippen molar-refractivity contribution in [2.24, 2.45) is 0 Å². The average molecular weight is 437 g/mol. The number of rotatable bonds is 2. The molecule has 30 heavy (non-hydrogen) atoms. The van der Waals surface area contributed by atoms with E-state index < -0.39 is 17.3 Å². The summed E-state index contributed by atoms with van der Waals surface area (Å²) < 4.78 is 42.3. The smallest absolute Gasteiger partial charge is 0.337 e. The Morgan fingerprint density at radius 3 is 2.63 bits per heavy atom. The maximum absolute atomic E-state index is 13.8. The summed E-state index contributed by atoms with van der Waals surface area (Å²) in [6, 6.07) is 6.30. The van der Waals surface area contributed by atoms with Crippen LogP contribution in [0.5, 0.6) is 0 Å². The zero-order valence-corrected chi connectivity index (χ0v) is 17.8. The molecule has 1 amide bonds. The van der Waals surface area contributed by atoms with Crippen molar-refractivity contribution >= 4 is 22.9 Å². The van der Waals surface area contributed by atoms with Gasteiger partial charge in [0, 0.05) is 36.2 Å². The summed E-state index contributed by atoms with van der Waals surface area (Å²) in [6.07, 6.45) is -3.14. The molecule has 1 aliphatic rings. The SMILES string of the molecule is CC(C)(C)c1cc2nc(C3CCCN(C(=O)c4cccs4)C3)cc(C(F)(F)F)n2n1. The first-order chi connectivity index (χ1) is 14.0. The lowest BCUT2D eigenvalue weighted by Gasteiger charge is -2.32. The summed E-state index contributed by atoms with van der Waals surface area (Å²) in [5, 5.41) is 6.02. The fourth-order valence-corrected chi connectivity index (χ4v) is 4.42. The van der Waals surface area contributed by atoms with Gasteiger partial charge in [0.25, 0.3) is 5.91 Å². The van der Waals surface area contributed by atoms with Crippen LogP contribution < -0.4 is 0 Å². The first-order valence-corrected chi connectivity index (χ1v) is 10.7. The summed E-state index contributed by atoms with van der Waals surface area (Å²) in [5.74, 6) is -0.326. The lowest BCUT2D eigenvalue weighted by atomic mass is 9.92. The van der Waals surface area contributed by atoms with Gasteiger partial charge in [-0.05, 0) is 30.4 Å². The maximum Gasteiger partial charge on any atom is 0.433 e. The van der Waals surface area contributed by atoms with E-state index in [1.807, 2.05) is 32.2 Å². The van der Waals surface area contributed by atoms with Crippen LogP contribution >= 0.6 is 11.3 Å². The second-order valence-corrected chi connectivity index (χ2v) is 9.63. The van der Waals surface area contributed by atoms with Crippen molar-refractivity contribution in [3.63, 3.8) is 0 Å². The van der Waals surface area contributed by atoms with Crippen LogP contribution in [0.4, 0.5) is 13.2 Å². The lowest BCUT2D eigenvalue weighted by Crippen LogP contribution is -2.39. The Labute approximate surface area is 176 Å². The van der Waals surface area contributed by atoms with Gasteiger partial charge in [0.1, 0.15) is 5.69 Å². The fraction of sp³-hybridized carbons (Fsp3) is 0.476. The maximum atomic E-state index is 13.8. The van der Waals surface area contributed by atoms with Crippen LogP contribution in [0.3, 0.4) is 0 Å². The summed E-state index contributed by atoms with van der Waals surface area (Å²) in [7, 11) is 0. The second-order valence-electron chi connectivity index (χ2n) is 8.68. The molecule has 1 atom stereocenters. The average Bonchev–Trinajstić information content (AvgIpc) is 3.35. The van der Waals surface area contributed by atoms with E-state index in [4.69, 9.17) is 0 Å². The van der Waals surface area contributed by atoms with Crippen molar-refractivity contribution in [2.45, 2.75) is 51.1 Å². The van der Waals surface area contributed by atoms with Gasteiger partial charge in [-0.1, -0.05) is 26.8 Å². The number of thiophene rings is 1. The van der Waals surface area contributed by atoms with Crippen molar-refractivity contribution < 1.29 is 18.0 Å². The first-order valence-electron chi connectivity index (χ1n) is 9.85. The van der Waals surface area contributed by atoms with E-state index >= 15 is 0 Å². The number of amides is 1. The third-order valence-corrected chi connectivity index (χ3v) is 6.22. The minimum absolute atomic E-state index is 0.0776. The number of fused-ring (bicyclic) bond motifs is 1. The zero-order chi connectivity index (χ0) is 21.7. The monoisotopic (exact) mass is 436 g/mol. The highest BCUT2D eigenvalue weighted by molar-refractivity contribution is 7.12. The fourth-order valence-electron chi connectivity index (χ4n) is 3.73. The van der Waals surface area contributed by atoms with E-state index in [9.17, 15) is 18.0 Å². The van der Waals surface area contributed by atoms with Gasteiger partial charge < -0.3 is 4.90 Å². The third kappa shape index (κ3) is 3.95. The van der Waals surface area contributed by atoms with Gasteiger partial charge in [0.15, 0.2) is 5.65 Å². The predicted octanol–water partition coefficient (Wildman–Crippen LogP) is 5.13. The molecule has 3 aromatic rings. The van der Waals surface area contributed by atoms with Gasteiger partial charge >= 0.3 is 6.18 Å². The molecule has 0 radical (unpaired) electrons. The van der Waals surface area contributed by atoms with E-state index in [2.05, 4.69) is 10.1 Å². The molecule has 0 N–H and O–H groups in total. The minimum atomic E-state index is -4.56. The molecule has 0 saturated carbocycles. The number of alkyl halides is 3. The van der Waals surface area contributed by atoms with Crippen LogP contribution in [-0.4, -0.2) is 38.5 Å². The first kappa shape index (κ1) is 20.8. The van der Waals surface area contributed by atoms with Crippen molar-refractivity contribution in [3.05, 3.63) is 51.6 Å². The number of piperidine rings is 1. The highest BCUT2D eigenvalue weighted by Gasteiger charge is 2.37.